The molecule has 1 amide bonds. The van der Waals surface area contributed by atoms with E-state index in [2.05, 4.69) is 20.6 Å². The van der Waals surface area contributed by atoms with Crippen LogP contribution in [0.15, 0.2) is 54.7 Å². The van der Waals surface area contributed by atoms with E-state index in [0.29, 0.717) is 11.6 Å². The van der Waals surface area contributed by atoms with Crippen LogP contribution in [0.5, 0.6) is 0 Å². The van der Waals surface area contributed by atoms with Gasteiger partial charge in [0.25, 0.3) is 5.91 Å². The van der Waals surface area contributed by atoms with Gasteiger partial charge in [-0.3, -0.25) is 4.79 Å². The number of anilines is 4. The number of aromatic nitrogens is 2. The van der Waals surface area contributed by atoms with Gasteiger partial charge in [-0.1, -0.05) is 18.2 Å². The average molecular weight is 361 g/mol. The largest absolute Gasteiger partial charge is 0.378 e. The van der Waals surface area contributed by atoms with Crippen molar-refractivity contribution in [3.63, 3.8) is 0 Å². The van der Waals surface area contributed by atoms with Gasteiger partial charge in [0.2, 0.25) is 5.95 Å². The summed E-state index contributed by atoms with van der Waals surface area (Å²) < 4.78 is 0. The molecule has 0 fully saturated rings. The summed E-state index contributed by atoms with van der Waals surface area (Å²) >= 11 is 0. The maximum absolute atomic E-state index is 12.6. The van der Waals surface area contributed by atoms with Crippen molar-refractivity contribution in [1.82, 2.24) is 9.97 Å². The third kappa shape index (κ3) is 4.41. The van der Waals surface area contributed by atoms with E-state index < -0.39 is 0 Å². The van der Waals surface area contributed by atoms with Gasteiger partial charge in [0.15, 0.2) is 0 Å². The zero-order chi connectivity index (χ0) is 19.4. The van der Waals surface area contributed by atoms with Crippen molar-refractivity contribution in [2.75, 3.05) is 29.6 Å². The van der Waals surface area contributed by atoms with Crippen LogP contribution in [0.2, 0.25) is 0 Å². The Morgan fingerprint density at radius 1 is 0.963 bits per heavy atom. The maximum Gasteiger partial charge on any atom is 0.274 e. The molecule has 0 saturated carbocycles. The van der Waals surface area contributed by atoms with Gasteiger partial charge in [-0.15, -0.1) is 0 Å². The van der Waals surface area contributed by atoms with Crippen LogP contribution < -0.4 is 15.5 Å². The molecule has 0 aliphatic carbocycles. The van der Waals surface area contributed by atoms with Crippen LogP contribution in [-0.2, 0) is 0 Å². The highest BCUT2D eigenvalue weighted by Crippen LogP contribution is 2.21. The molecule has 0 bridgehead atoms. The summed E-state index contributed by atoms with van der Waals surface area (Å²) in [6.45, 7) is 3.93. The minimum absolute atomic E-state index is 0.263. The van der Waals surface area contributed by atoms with Gasteiger partial charge in [-0.25, -0.2) is 9.97 Å². The SMILES string of the molecule is Cc1cccc(C)c1NC(=O)c1ccnc(Nc2ccc(N(C)C)cc2)n1. The fourth-order valence-electron chi connectivity index (χ4n) is 2.71. The molecule has 1 aromatic heterocycles. The first-order valence-electron chi connectivity index (χ1n) is 8.69. The van der Waals surface area contributed by atoms with E-state index in [9.17, 15) is 4.79 Å². The molecule has 27 heavy (non-hydrogen) atoms. The average Bonchev–Trinajstić information content (AvgIpc) is 2.65. The Kier molecular flexibility index (Phi) is 5.35. The van der Waals surface area contributed by atoms with E-state index in [1.807, 2.05) is 75.3 Å². The van der Waals surface area contributed by atoms with E-state index >= 15 is 0 Å². The molecular weight excluding hydrogens is 338 g/mol. The van der Waals surface area contributed by atoms with E-state index in [1.54, 1.807) is 12.3 Å². The zero-order valence-corrected chi connectivity index (χ0v) is 15.9. The maximum atomic E-state index is 12.6. The molecule has 0 aliphatic heterocycles. The predicted octanol–water partition coefficient (Wildman–Crippen LogP) is 4.16. The van der Waals surface area contributed by atoms with Crippen LogP contribution in [0.3, 0.4) is 0 Å². The summed E-state index contributed by atoms with van der Waals surface area (Å²) in [7, 11) is 3.98. The van der Waals surface area contributed by atoms with Crippen LogP contribution in [0.4, 0.5) is 23.0 Å². The van der Waals surface area contributed by atoms with Gasteiger partial charge in [-0.05, 0) is 55.3 Å². The standard InChI is InChI=1S/C21H23N5O/c1-14-6-5-7-15(2)19(14)25-20(27)18-12-13-22-21(24-18)23-16-8-10-17(11-9-16)26(3)4/h5-13H,1-4H3,(H,25,27)(H,22,23,24). The molecular formula is C21H23N5O. The molecule has 0 unspecified atom stereocenters. The summed E-state index contributed by atoms with van der Waals surface area (Å²) in [6.07, 6.45) is 1.57. The van der Waals surface area contributed by atoms with E-state index in [0.717, 1.165) is 28.2 Å². The Balaban J connectivity index is 1.76. The van der Waals surface area contributed by atoms with Crippen LogP contribution in [-0.4, -0.2) is 30.0 Å². The number of nitrogens with zero attached hydrogens (tertiary/aromatic N) is 3. The Bertz CT molecular complexity index is 931. The van der Waals surface area contributed by atoms with Gasteiger partial charge < -0.3 is 15.5 Å². The van der Waals surface area contributed by atoms with Crippen molar-refractivity contribution in [3.8, 4) is 0 Å². The highest BCUT2D eigenvalue weighted by Gasteiger charge is 2.12. The van der Waals surface area contributed by atoms with Gasteiger partial charge in [0, 0.05) is 37.4 Å². The molecule has 138 valence electrons. The predicted molar refractivity (Wildman–Crippen MR) is 110 cm³/mol. The summed E-state index contributed by atoms with van der Waals surface area (Å²) in [5.41, 5.74) is 5.10. The molecule has 0 aliphatic rings. The Morgan fingerprint density at radius 3 is 2.26 bits per heavy atom. The minimum atomic E-state index is -0.263. The zero-order valence-electron chi connectivity index (χ0n) is 15.9. The number of hydrogen-bond acceptors (Lipinski definition) is 5. The number of hydrogen-bond donors (Lipinski definition) is 2. The molecule has 0 spiro atoms. The number of amides is 1. The smallest absolute Gasteiger partial charge is 0.274 e. The Morgan fingerprint density at radius 2 is 1.63 bits per heavy atom. The van der Waals surface area contributed by atoms with Gasteiger partial charge in [0.05, 0.1) is 0 Å². The van der Waals surface area contributed by atoms with Crippen molar-refractivity contribution in [1.29, 1.82) is 0 Å². The third-order valence-electron chi connectivity index (χ3n) is 4.25. The van der Waals surface area contributed by atoms with Gasteiger partial charge >= 0.3 is 0 Å². The number of para-hydroxylation sites is 1. The normalized spacial score (nSPS) is 10.4. The molecule has 3 rings (SSSR count). The molecule has 0 atom stereocenters. The number of carbonyl (C=O) groups is 1. The van der Waals surface area contributed by atoms with Gasteiger partial charge in [-0.2, -0.15) is 0 Å². The Hall–Kier alpha value is -3.41. The number of rotatable bonds is 5. The first-order valence-corrected chi connectivity index (χ1v) is 8.69. The molecule has 3 aromatic rings. The van der Waals surface area contributed by atoms with Crippen LogP contribution in [0, 0.1) is 13.8 Å². The fraction of sp³-hybridized carbons (Fsp3) is 0.190. The number of benzene rings is 2. The highest BCUT2D eigenvalue weighted by molar-refractivity contribution is 6.03. The highest BCUT2D eigenvalue weighted by atomic mass is 16.1. The summed E-state index contributed by atoms with van der Waals surface area (Å²) in [5, 5.41) is 6.07. The van der Waals surface area contributed by atoms with Gasteiger partial charge in [0.1, 0.15) is 5.69 Å². The first kappa shape index (κ1) is 18.4. The van der Waals surface area contributed by atoms with Crippen LogP contribution in [0.25, 0.3) is 0 Å². The lowest BCUT2D eigenvalue weighted by Gasteiger charge is -2.13. The molecule has 1 heterocycles. The van der Waals surface area contributed by atoms with Crippen molar-refractivity contribution < 1.29 is 4.79 Å². The monoisotopic (exact) mass is 361 g/mol. The van der Waals surface area contributed by atoms with Crippen molar-refractivity contribution in [2.24, 2.45) is 0 Å². The third-order valence-corrected chi connectivity index (χ3v) is 4.25. The second-order valence-electron chi connectivity index (χ2n) is 6.55. The quantitative estimate of drug-likeness (QED) is 0.714. The lowest BCUT2D eigenvalue weighted by atomic mass is 10.1. The van der Waals surface area contributed by atoms with E-state index in [-0.39, 0.29) is 5.91 Å². The molecule has 2 aromatic carbocycles. The first-order chi connectivity index (χ1) is 12.9. The Labute approximate surface area is 159 Å². The lowest BCUT2D eigenvalue weighted by molar-refractivity contribution is 0.102. The van der Waals surface area contributed by atoms with E-state index in [1.165, 1.54) is 0 Å². The van der Waals surface area contributed by atoms with Crippen LogP contribution >= 0.6 is 0 Å². The summed E-state index contributed by atoms with van der Waals surface area (Å²) in [5.74, 6) is 0.113. The molecule has 6 heteroatoms. The topological polar surface area (TPSA) is 70.2 Å². The summed E-state index contributed by atoms with van der Waals surface area (Å²) in [6, 6.07) is 15.4. The second kappa shape index (κ2) is 7.86. The van der Waals surface area contributed by atoms with Crippen molar-refractivity contribution >= 4 is 28.9 Å². The molecule has 0 radical (unpaired) electrons. The fourth-order valence-corrected chi connectivity index (χ4v) is 2.71. The summed E-state index contributed by atoms with van der Waals surface area (Å²) in [4.78, 5) is 23.2. The number of nitrogens with one attached hydrogen (secondary N) is 2. The molecule has 6 nitrogen and oxygen atoms in total. The number of aryl methyl sites for hydroxylation is 2. The molecule has 2 N–H and O–H groups in total. The van der Waals surface area contributed by atoms with Crippen molar-refractivity contribution in [3.05, 3.63) is 71.5 Å². The van der Waals surface area contributed by atoms with Crippen molar-refractivity contribution in [2.45, 2.75) is 13.8 Å². The number of carbonyl (C=O) groups excluding carboxylic acids is 1. The van der Waals surface area contributed by atoms with E-state index in [4.69, 9.17) is 0 Å². The molecule has 0 saturated heterocycles. The lowest BCUT2D eigenvalue weighted by Crippen LogP contribution is -2.16. The second-order valence-corrected chi connectivity index (χ2v) is 6.55. The minimum Gasteiger partial charge on any atom is -0.378 e. The van der Waals surface area contributed by atoms with Crippen LogP contribution in [0.1, 0.15) is 21.6 Å².